The fourth-order valence-corrected chi connectivity index (χ4v) is 1.19. The van der Waals surface area contributed by atoms with Crippen LogP contribution in [0.1, 0.15) is 27.2 Å². The van der Waals surface area contributed by atoms with Gasteiger partial charge in [-0.1, -0.05) is 32.4 Å². The lowest BCUT2D eigenvalue weighted by atomic mass is 9.90. The van der Waals surface area contributed by atoms with E-state index in [1.54, 1.807) is 10.9 Å². The first kappa shape index (κ1) is 10.4. The fraction of sp³-hybridized carbons (Fsp3) is 0.667. The Morgan fingerprint density at radius 3 is 2.62 bits per heavy atom. The molecule has 13 heavy (non-hydrogen) atoms. The van der Waals surface area contributed by atoms with Gasteiger partial charge in [-0.25, -0.2) is 0 Å². The SMILES string of the molecule is CCC(C)(C)Cn1cc(Cl)c(N)n1. The molecule has 4 heteroatoms. The van der Waals surface area contributed by atoms with Gasteiger partial charge in [0.05, 0.1) is 0 Å². The lowest BCUT2D eigenvalue weighted by molar-refractivity contribution is 0.281. The molecule has 0 spiro atoms. The molecule has 1 rings (SSSR count). The minimum atomic E-state index is 0.238. The van der Waals surface area contributed by atoms with Gasteiger partial charge in [0.1, 0.15) is 5.02 Å². The van der Waals surface area contributed by atoms with Crippen molar-refractivity contribution in [3.63, 3.8) is 0 Å². The van der Waals surface area contributed by atoms with Crippen LogP contribution in [0, 0.1) is 5.41 Å². The molecular weight excluding hydrogens is 186 g/mol. The Hall–Kier alpha value is -0.700. The zero-order valence-electron chi connectivity index (χ0n) is 8.34. The van der Waals surface area contributed by atoms with E-state index in [1.807, 2.05) is 0 Å². The van der Waals surface area contributed by atoms with Crippen LogP contribution in [-0.2, 0) is 6.54 Å². The van der Waals surface area contributed by atoms with Crippen molar-refractivity contribution < 1.29 is 0 Å². The van der Waals surface area contributed by atoms with E-state index in [4.69, 9.17) is 17.3 Å². The standard InChI is InChI=1S/C9H16ClN3/c1-4-9(2,3)6-13-5-7(10)8(11)12-13/h5H,4,6H2,1-3H3,(H2,11,12). The molecule has 0 unspecified atom stereocenters. The van der Waals surface area contributed by atoms with E-state index in [0.29, 0.717) is 10.8 Å². The van der Waals surface area contributed by atoms with Gasteiger partial charge in [0, 0.05) is 12.7 Å². The minimum absolute atomic E-state index is 0.238. The summed E-state index contributed by atoms with van der Waals surface area (Å²) >= 11 is 5.79. The average molecular weight is 202 g/mol. The van der Waals surface area contributed by atoms with Gasteiger partial charge in [0.15, 0.2) is 5.82 Å². The van der Waals surface area contributed by atoms with Crippen molar-refractivity contribution in [1.82, 2.24) is 9.78 Å². The maximum absolute atomic E-state index is 5.79. The van der Waals surface area contributed by atoms with E-state index < -0.39 is 0 Å². The van der Waals surface area contributed by atoms with Crippen LogP contribution < -0.4 is 5.73 Å². The van der Waals surface area contributed by atoms with Gasteiger partial charge in [0.25, 0.3) is 0 Å². The largest absolute Gasteiger partial charge is 0.381 e. The second kappa shape index (κ2) is 3.58. The molecule has 2 N–H and O–H groups in total. The monoisotopic (exact) mass is 201 g/mol. The van der Waals surface area contributed by atoms with Gasteiger partial charge >= 0.3 is 0 Å². The first-order valence-corrected chi connectivity index (χ1v) is 4.81. The van der Waals surface area contributed by atoms with Gasteiger partial charge in [-0.05, 0) is 11.8 Å². The van der Waals surface area contributed by atoms with Crippen molar-refractivity contribution in [2.75, 3.05) is 5.73 Å². The summed E-state index contributed by atoms with van der Waals surface area (Å²) in [6.07, 6.45) is 2.87. The van der Waals surface area contributed by atoms with E-state index in [1.165, 1.54) is 0 Å². The molecule has 0 aliphatic rings. The molecule has 0 amide bonds. The Morgan fingerprint density at radius 2 is 2.23 bits per heavy atom. The zero-order valence-corrected chi connectivity index (χ0v) is 9.10. The number of hydrogen-bond donors (Lipinski definition) is 1. The molecule has 74 valence electrons. The van der Waals surface area contributed by atoms with E-state index in [2.05, 4.69) is 25.9 Å². The summed E-state index contributed by atoms with van der Waals surface area (Å²) < 4.78 is 1.81. The summed E-state index contributed by atoms with van der Waals surface area (Å²) in [4.78, 5) is 0. The number of hydrogen-bond acceptors (Lipinski definition) is 2. The molecule has 0 fully saturated rings. The Labute approximate surface area is 83.9 Å². The van der Waals surface area contributed by atoms with E-state index in [-0.39, 0.29) is 5.41 Å². The van der Waals surface area contributed by atoms with Crippen LogP contribution in [0.3, 0.4) is 0 Å². The normalized spacial score (nSPS) is 12.0. The molecule has 0 bridgehead atoms. The van der Waals surface area contributed by atoms with Gasteiger partial charge in [-0.3, -0.25) is 4.68 Å². The second-order valence-electron chi connectivity index (χ2n) is 4.08. The van der Waals surface area contributed by atoms with Crippen molar-refractivity contribution in [3.8, 4) is 0 Å². The molecule has 0 aliphatic carbocycles. The summed E-state index contributed by atoms with van der Waals surface area (Å²) in [5.74, 6) is 0.411. The zero-order chi connectivity index (χ0) is 10.1. The molecule has 1 heterocycles. The van der Waals surface area contributed by atoms with Crippen molar-refractivity contribution in [1.29, 1.82) is 0 Å². The predicted octanol–water partition coefficient (Wildman–Crippen LogP) is 2.55. The molecule has 0 radical (unpaired) electrons. The van der Waals surface area contributed by atoms with E-state index in [0.717, 1.165) is 13.0 Å². The first-order chi connectivity index (χ1) is 5.94. The van der Waals surface area contributed by atoms with E-state index >= 15 is 0 Å². The summed E-state index contributed by atoms with van der Waals surface area (Å²) in [7, 11) is 0. The number of halogens is 1. The van der Waals surface area contributed by atoms with Crippen LogP contribution in [0.2, 0.25) is 5.02 Å². The predicted molar refractivity (Wildman–Crippen MR) is 55.7 cm³/mol. The second-order valence-corrected chi connectivity index (χ2v) is 4.48. The van der Waals surface area contributed by atoms with Gasteiger partial charge in [-0.2, -0.15) is 5.10 Å². The van der Waals surface area contributed by atoms with Crippen molar-refractivity contribution in [3.05, 3.63) is 11.2 Å². The maximum Gasteiger partial charge on any atom is 0.164 e. The molecular formula is C9H16ClN3. The maximum atomic E-state index is 5.79. The highest BCUT2D eigenvalue weighted by molar-refractivity contribution is 6.32. The van der Waals surface area contributed by atoms with Gasteiger partial charge in [0.2, 0.25) is 0 Å². The van der Waals surface area contributed by atoms with Crippen molar-refractivity contribution >= 4 is 17.4 Å². The Bertz CT molecular complexity index is 272. The van der Waals surface area contributed by atoms with E-state index in [9.17, 15) is 0 Å². The third-order valence-electron chi connectivity index (χ3n) is 2.29. The van der Waals surface area contributed by atoms with Crippen LogP contribution in [0.25, 0.3) is 0 Å². The Morgan fingerprint density at radius 1 is 1.62 bits per heavy atom. The van der Waals surface area contributed by atoms with Gasteiger partial charge in [-0.15, -0.1) is 0 Å². The molecule has 3 nitrogen and oxygen atoms in total. The lowest BCUT2D eigenvalue weighted by Gasteiger charge is -2.21. The highest BCUT2D eigenvalue weighted by Gasteiger charge is 2.17. The topological polar surface area (TPSA) is 43.8 Å². The van der Waals surface area contributed by atoms with Crippen LogP contribution in [-0.4, -0.2) is 9.78 Å². The highest BCUT2D eigenvalue weighted by Crippen LogP contribution is 2.24. The summed E-state index contributed by atoms with van der Waals surface area (Å²) in [5.41, 5.74) is 5.77. The van der Waals surface area contributed by atoms with Crippen molar-refractivity contribution in [2.24, 2.45) is 5.41 Å². The van der Waals surface area contributed by atoms with Gasteiger partial charge < -0.3 is 5.73 Å². The highest BCUT2D eigenvalue weighted by atomic mass is 35.5. The van der Waals surface area contributed by atoms with Crippen LogP contribution in [0.4, 0.5) is 5.82 Å². The summed E-state index contributed by atoms with van der Waals surface area (Å²) in [6, 6.07) is 0. The number of nitrogen functional groups attached to an aromatic ring is 1. The smallest absolute Gasteiger partial charge is 0.164 e. The number of nitrogens with two attached hydrogens (primary N) is 1. The molecule has 1 aromatic rings. The third-order valence-corrected chi connectivity index (χ3v) is 2.58. The quantitative estimate of drug-likeness (QED) is 0.817. The third kappa shape index (κ3) is 2.62. The minimum Gasteiger partial charge on any atom is -0.381 e. The Balaban J connectivity index is 2.75. The summed E-state index contributed by atoms with van der Waals surface area (Å²) in [6.45, 7) is 7.40. The summed E-state index contributed by atoms with van der Waals surface area (Å²) in [5, 5.41) is 4.64. The molecule has 0 saturated carbocycles. The molecule has 1 aromatic heterocycles. The average Bonchev–Trinajstić information content (AvgIpc) is 2.30. The number of aromatic nitrogens is 2. The Kier molecular flexibility index (Phi) is 2.86. The number of anilines is 1. The molecule has 0 aromatic carbocycles. The first-order valence-electron chi connectivity index (χ1n) is 4.43. The van der Waals surface area contributed by atoms with Crippen LogP contribution >= 0.6 is 11.6 Å². The molecule has 0 saturated heterocycles. The fourth-order valence-electron chi connectivity index (χ4n) is 1.04. The number of rotatable bonds is 3. The lowest BCUT2D eigenvalue weighted by Crippen LogP contribution is -2.18. The number of nitrogens with zero attached hydrogens (tertiary/aromatic N) is 2. The van der Waals surface area contributed by atoms with Crippen molar-refractivity contribution in [2.45, 2.75) is 33.7 Å². The molecule has 0 atom stereocenters. The van der Waals surface area contributed by atoms with Crippen LogP contribution in [0.5, 0.6) is 0 Å². The molecule has 0 aliphatic heterocycles. The van der Waals surface area contributed by atoms with Crippen LogP contribution in [0.15, 0.2) is 6.20 Å².